The van der Waals surface area contributed by atoms with Crippen molar-refractivity contribution in [3.63, 3.8) is 0 Å². The lowest BCUT2D eigenvalue weighted by atomic mass is 10.2. The second kappa shape index (κ2) is 9.97. The molecule has 0 aliphatic heterocycles. The Morgan fingerprint density at radius 1 is 0.818 bits per heavy atom. The van der Waals surface area contributed by atoms with E-state index in [4.69, 9.17) is 4.74 Å². The highest BCUT2D eigenvalue weighted by atomic mass is 32.2. The van der Waals surface area contributed by atoms with Crippen LogP contribution in [0.3, 0.4) is 0 Å². The number of anilines is 2. The zero-order chi connectivity index (χ0) is 23.1. The van der Waals surface area contributed by atoms with E-state index in [9.17, 15) is 13.2 Å². The van der Waals surface area contributed by atoms with Gasteiger partial charge in [-0.1, -0.05) is 48.5 Å². The van der Waals surface area contributed by atoms with Crippen LogP contribution in [-0.4, -0.2) is 25.9 Å². The fourth-order valence-electron chi connectivity index (χ4n) is 3.14. The number of benzene rings is 3. The van der Waals surface area contributed by atoms with Crippen molar-refractivity contribution >= 4 is 27.3 Å². The van der Waals surface area contributed by atoms with Crippen molar-refractivity contribution in [1.29, 1.82) is 0 Å². The largest absolute Gasteiger partial charge is 0.455 e. The Bertz CT molecular complexity index is 1320. The van der Waals surface area contributed by atoms with Gasteiger partial charge < -0.3 is 10.1 Å². The third kappa shape index (κ3) is 5.36. The summed E-state index contributed by atoms with van der Waals surface area (Å²) in [5.74, 6) is 0.540. The van der Waals surface area contributed by atoms with Crippen LogP contribution in [0.15, 0.2) is 114 Å². The molecule has 0 saturated carbocycles. The van der Waals surface area contributed by atoms with Gasteiger partial charge in [-0.2, -0.15) is 0 Å². The molecule has 1 N–H and O–H groups in total. The Balaban J connectivity index is 1.59. The molecule has 33 heavy (non-hydrogen) atoms. The number of aromatic nitrogens is 1. The molecule has 0 radical (unpaired) electrons. The highest BCUT2D eigenvalue weighted by Gasteiger charge is 2.27. The number of sulfonamides is 1. The van der Waals surface area contributed by atoms with E-state index < -0.39 is 22.5 Å². The molecule has 1 aromatic heterocycles. The smallest absolute Gasteiger partial charge is 0.264 e. The molecule has 4 rings (SSSR count). The molecule has 0 aliphatic rings. The Morgan fingerprint density at radius 2 is 1.42 bits per heavy atom. The molecule has 7 nitrogen and oxygen atoms in total. The number of nitrogens with zero attached hydrogens (tertiary/aromatic N) is 2. The Hall–Kier alpha value is -4.17. The number of ether oxygens (including phenoxy) is 1. The minimum atomic E-state index is -3.99. The summed E-state index contributed by atoms with van der Waals surface area (Å²) >= 11 is 0. The van der Waals surface area contributed by atoms with Gasteiger partial charge in [-0.15, -0.1) is 0 Å². The maximum absolute atomic E-state index is 13.3. The van der Waals surface area contributed by atoms with Gasteiger partial charge in [0.1, 0.15) is 12.3 Å². The summed E-state index contributed by atoms with van der Waals surface area (Å²) < 4.78 is 33.6. The predicted octanol–water partition coefficient (Wildman–Crippen LogP) is 4.71. The molecule has 0 spiro atoms. The standard InChI is InChI=1S/C25H21N3O4S/c29-25(27-23-13-7-8-14-24(23)32-21-9-3-1-4-10-21)19-28(20-15-17-26-18-16-20)33(30,31)22-11-5-2-6-12-22/h1-18H,19H2,(H,27,29). The lowest BCUT2D eigenvalue weighted by Gasteiger charge is -2.24. The lowest BCUT2D eigenvalue weighted by molar-refractivity contribution is -0.114. The zero-order valence-corrected chi connectivity index (χ0v) is 18.4. The van der Waals surface area contributed by atoms with E-state index in [0.29, 0.717) is 22.9 Å². The summed E-state index contributed by atoms with van der Waals surface area (Å²) in [5, 5.41) is 2.77. The Kier molecular flexibility index (Phi) is 6.66. The van der Waals surface area contributed by atoms with Gasteiger partial charge in [0, 0.05) is 12.4 Å². The predicted molar refractivity (Wildman–Crippen MR) is 127 cm³/mol. The van der Waals surface area contributed by atoms with Gasteiger partial charge in [-0.3, -0.25) is 14.1 Å². The molecular weight excluding hydrogens is 438 g/mol. The van der Waals surface area contributed by atoms with Gasteiger partial charge in [-0.25, -0.2) is 8.42 Å². The number of pyridine rings is 1. The van der Waals surface area contributed by atoms with Gasteiger partial charge in [-0.05, 0) is 48.5 Å². The molecule has 0 fully saturated rings. The second-order valence-corrected chi connectivity index (χ2v) is 8.85. The van der Waals surface area contributed by atoms with E-state index in [1.54, 1.807) is 66.7 Å². The van der Waals surface area contributed by atoms with Crippen LogP contribution < -0.4 is 14.4 Å². The van der Waals surface area contributed by atoms with Gasteiger partial charge >= 0.3 is 0 Å². The fraction of sp³-hybridized carbons (Fsp3) is 0.0400. The summed E-state index contributed by atoms with van der Waals surface area (Å²) in [5.41, 5.74) is 0.760. The third-order valence-electron chi connectivity index (χ3n) is 4.70. The molecular formula is C25H21N3O4S. The average Bonchev–Trinajstić information content (AvgIpc) is 2.85. The van der Waals surface area contributed by atoms with E-state index >= 15 is 0 Å². The average molecular weight is 460 g/mol. The highest BCUT2D eigenvalue weighted by molar-refractivity contribution is 7.92. The van der Waals surface area contributed by atoms with Crippen LogP contribution in [0.5, 0.6) is 11.5 Å². The van der Waals surface area contributed by atoms with Crippen LogP contribution in [0.2, 0.25) is 0 Å². The van der Waals surface area contributed by atoms with Crippen LogP contribution in [0.1, 0.15) is 0 Å². The summed E-state index contributed by atoms with van der Waals surface area (Å²) in [4.78, 5) is 17.0. The molecule has 4 aromatic rings. The van der Waals surface area contributed by atoms with Crippen LogP contribution in [0.4, 0.5) is 11.4 Å². The lowest BCUT2D eigenvalue weighted by Crippen LogP contribution is -2.38. The first-order valence-electron chi connectivity index (χ1n) is 10.1. The van der Waals surface area contributed by atoms with Gasteiger partial charge in [0.15, 0.2) is 5.75 Å². The summed E-state index contributed by atoms with van der Waals surface area (Å²) in [7, 11) is -3.99. The van der Waals surface area contributed by atoms with Crippen LogP contribution >= 0.6 is 0 Å². The van der Waals surface area contributed by atoms with Crippen molar-refractivity contribution in [2.45, 2.75) is 4.90 Å². The molecule has 1 amide bonds. The van der Waals surface area contributed by atoms with E-state index in [2.05, 4.69) is 10.3 Å². The summed E-state index contributed by atoms with van der Waals surface area (Å²) in [6.07, 6.45) is 2.95. The number of hydrogen-bond acceptors (Lipinski definition) is 5. The van der Waals surface area contributed by atoms with Crippen molar-refractivity contribution in [3.8, 4) is 11.5 Å². The van der Waals surface area contributed by atoms with Crippen molar-refractivity contribution in [3.05, 3.63) is 109 Å². The first-order chi connectivity index (χ1) is 16.0. The zero-order valence-electron chi connectivity index (χ0n) is 17.5. The first kappa shape index (κ1) is 22.0. The maximum Gasteiger partial charge on any atom is 0.264 e. The molecule has 0 atom stereocenters. The SMILES string of the molecule is O=C(CN(c1ccncc1)S(=O)(=O)c1ccccc1)Nc1ccccc1Oc1ccccc1. The minimum Gasteiger partial charge on any atom is -0.455 e. The van der Waals surface area contributed by atoms with E-state index in [0.717, 1.165) is 4.31 Å². The Labute approximate surface area is 192 Å². The van der Waals surface area contributed by atoms with Crippen molar-refractivity contribution in [2.24, 2.45) is 0 Å². The molecule has 3 aromatic carbocycles. The van der Waals surface area contributed by atoms with E-state index in [-0.39, 0.29) is 4.90 Å². The van der Waals surface area contributed by atoms with Gasteiger partial charge in [0.25, 0.3) is 10.0 Å². The number of hydrogen-bond donors (Lipinski definition) is 1. The molecule has 0 bridgehead atoms. The van der Waals surface area contributed by atoms with Gasteiger partial charge in [0.05, 0.1) is 16.3 Å². The van der Waals surface area contributed by atoms with E-state index in [1.165, 1.54) is 24.5 Å². The maximum atomic E-state index is 13.3. The second-order valence-electron chi connectivity index (χ2n) is 6.99. The quantitative estimate of drug-likeness (QED) is 0.412. The molecule has 166 valence electrons. The van der Waals surface area contributed by atoms with Gasteiger partial charge in [0.2, 0.25) is 5.91 Å². The number of carbonyl (C=O) groups is 1. The first-order valence-corrected chi connectivity index (χ1v) is 11.6. The minimum absolute atomic E-state index is 0.0856. The number of rotatable bonds is 8. The third-order valence-corrected chi connectivity index (χ3v) is 6.49. The van der Waals surface area contributed by atoms with Crippen molar-refractivity contribution in [1.82, 2.24) is 4.98 Å². The molecule has 1 heterocycles. The van der Waals surface area contributed by atoms with Crippen molar-refractivity contribution < 1.29 is 17.9 Å². The summed E-state index contributed by atoms with van der Waals surface area (Å²) in [6, 6.07) is 27.2. The molecule has 0 unspecified atom stereocenters. The molecule has 8 heteroatoms. The van der Waals surface area contributed by atoms with Crippen LogP contribution in [0.25, 0.3) is 0 Å². The number of nitrogens with one attached hydrogen (secondary N) is 1. The monoisotopic (exact) mass is 459 g/mol. The summed E-state index contributed by atoms with van der Waals surface area (Å²) in [6.45, 7) is -0.430. The number of amides is 1. The fourth-order valence-corrected chi connectivity index (χ4v) is 4.58. The number of para-hydroxylation sites is 3. The van der Waals surface area contributed by atoms with Crippen LogP contribution in [-0.2, 0) is 14.8 Å². The van der Waals surface area contributed by atoms with Crippen LogP contribution in [0, 0.1) is 0 Å². The van der Waals surface area contributed by atoms with Crippen molar-refractivity contribution in [2.75, 3.05) is 16.2 Å². The Morgan fingerprint density at radius 3 is 2.12 bits per heavy atom. The normalized spacial score (nSPS) is 10.9. The topological polar surface area (TPSA) is 88.6 Å². The number of carbonyl (C=O) groups excluding carboxylic acids is 1. The molecule has 0 saturated heterocycles. The molecule has 0 aliphatic carbocycles. The van der Waals surface area contributed by atoms with E-state index in [1.807, 2.05) is 18.2 Å². The highest BCUT2D eigenvalue weighted by Crippen LogP contribution is 2.29.